The van der Waals surface area contributed by atoms with Crippen molar-refractivity contribution in [2.45, 2.75) is 44.3 Å². The Labute approximate surface area is 217 Å². The first-order valence-corrected chi connectivity index (χ1v) is 13.5. The second kappa shape index (κ2) is 12.0. The first-order valence-electron chi connectivity index (χ1n) is 11.6. The third-order valence-electron chi connectivity index (χ3n) is 5.57. The lowest BCUT2D eigenvalue weighted by molar-refractivity contribution is -0.113. The Morgan fingerprint density at radius 1 is 1.17 bits per heavy atom. The molecule has 0 saturated carbocycles. The van der Waals surface area contributed by atoms with Crippen LogP contribution >= 0.6 is 23.1 Å². The average Bonchev–Trinajstić information content (AvgIpc) is 3.24. The van der Waals surface area contributed by atoms with E-state index < -0.39 is 5.97 Å². The van der Waals surface area contributed by atoms with Crippen LogP contribution in [0.25, 0.3) is 0 Å². The molecule has 1 aliphatic rings. The summed E-state index contributed by atoms with van der Waals surface area (Å²) >= 11 is 2.56. The maximum atomic E-state index is 13.2. The van der Waals surface area contributed by atoms with Crippen molar-refractivity contribution in [1.82, 2.24) is 15.3 Å². The highest BCUT2D eigenvalue weighted by molar-refractivity contribution is 7.99. The number of aromatic nitrogens is 2. The molecule has 2 heterocycles. The number of carbonyl (C=O) groups is 3. The van der Waals surface area contributed by atoms with Gasteiger partial charge in [0, 0.05) is 17.6 Å². The van der Waals surface area contributed by atoms with Crippen molar-refractivity contribution in [1.29, 1.82) is 0 Å². The topological polar surface area (TPSA) is 136 Å². The molecule has 0 bridgehead atoms. The number of nitrogen functional groups attached to an aromatic ring is 1. The summed E-state index contributed by atoms with van der Waals surface area (Å²) in [5, 5.41) is 6.74. The van der Waals surface area contributed by atoms with Gasteiger partial charge >= 0.3 is 5.97 Å². The minimum Gasteiger partial charge on any atom is -0.462 e. The van der Waals surface area contributed by atoms with E-state index in [1.807, 2.05) is 30.3 Å². The highest BCUT2D eigenvalue weighted by Gasteiger charge is 2.26. The van der Waals surface area contributed by atoms with Crippen LogP contribution in [0.2, 0.25) is 0 Å². The highest BCUT2D eigenvalue weighted by Crippen LogP contribution is 2.38. The number of aryl methyl sites for hydroxylation is 1. The first-order chi connectivity index (χ1) is 17.5. The van der Waals surface area contributed by atoms with E-state index >= 15 is 0 Å². The third-order valence-corrected chi connectivity index (χ3v) is 7.64. The smallest absolute Gasteiger partial charge is 0.343 e. The molecule has 9 nitrogen and oxygen atoms in total. The van der Waals surface area contributed by atoms with Gasteiger partial charge in [0.2, 0.25) is 5.91 Å². The number of amides is 2. The molecule has 1 aromatic carbocycles. The molecule has 0 saturated heterocycles. The Morgan fingerprint density at radius 3 is 2.69 bits per heavy atom. The van der Waals surface area contributed by atoms with Crippen LogP contribution in [0.4, 0.5) is 10.8 Å². The van der Waals surface area contributed by atoms with Gasteiger partial charge in [-0.25, -0.2) is 14.8 Å². The highest BCUT2D eigenvalue weighted by atomic mass is 32.2. The molecule has 0 spiro atoms. The van der Waals surface area contributed by atoms with Gasteiger partial charge in [0.1, 0.15) is 16.4 Å². The fraction of sp³-hybridized carbons (Fsp3) is 0.320. The van der Waals surface area contributed by atoms with E-state index in [0.29, 0.717) is 17.1 Å². The summed E-state index contributed by atoms with van der Waals surface area (Å²) < 4.78 is 4.92. The number of nitrogens with one attached hydrogen (secondary N) is 2. The van der Waals surface area contributed by atoms with Gasteiger partial charge < -0.3 is 21.1 Å². The predicted octanol–water partition coefficient (Wildman–Crippen LogP) is 3.84. The van der Waals surface area contributed by atoms with Gasteiger partial charge in [0.05, 0.1) is 17.9 Å². The molecule has 3 aromatic rings. The number of nitrogens with zero attached hydrogens (tertiary/aromatic N) is 2. The molecular weight excluding hydrogens is 498 g/mol. The normalized spacial score (nSPS) is 12.5. The quantitative estimate of drug-likeness (QED) is 0.218. The SMILES string of the molecule is CCOC(=O)c1cnc(SCC(=O)Nc2sc3c(c2C(=O)NCc2ccccc2)CCCC3)nc1N. The molecule has 0 fully saturated rings. The first kappa shape index (κ1) is 25.6. The molecule has 4 rings (SSSR count). The number of nitrogens with two attached hydrogens (primary N) is 1. The summed E-state index contributed by atoms with van der Waals surface area (Å²) in [6.07, 6.45) is 5.12. The van der Waals surface area contributed by atoms with Gasteiger partial charge in [-0.2, -0.15) is 0 Å². The van der Waals surface area contributed by atoms with Crippen LogP contribution in [0.3, 0.4) is 0 Å². The standard InChI is InChI=1S/C25H27N5O4S2/c1-2-34-24(33)17-13-28-25(30-21(17)26)35-14-19(31)29-23-20(16-10-6-7-11-18(16)36-23)22(32)27-12-15-8-4-3-5-9-15/h3-5,8-9,13H,2,6-7,10-12,14H2,1H3,(H,27,32)(H,29,31)(H2,26,28,30). The number of carbonyl (C=O) groups excluding carboxylic acids is 3. The molecule has 11 heteroatoms. The van der Waals surface area contributed by atoms with Crippen molar-refractivity contribution in [2.24, 2.45) is 0 Å². The number of thiophene rings is 1. The van der Waals surface area contributed by atoms with Crippen LogP contribution in [0.5, 0.6) is 0 Å². The summed E-state index contributed by atoms with van der Waals surface area (Å²) in [6.45, 7) is 2.32. The minimum absolute atomic E-state index is 0.00494. The monoisotopic (exact) mass is 525 g/mol. The fourth-order valence-corrected chi connectivity index (χ4v) is 5.79. The number of hydrogen-bond acceptors (Lipinski definition) is 9. The Morgan fingerprint density at radius 2 is 1.94 bits per heavy atom. The Balaban J connectivity index is 1.42. The molecule has 188 valence electrons. The lowest BCUT2D eigenvalue weighted by Gasteiger charge is -2.13. The molecule has 0 radical (unpaired) electrons. The second-order valence-corrected chi connectivity index (χ2v) is 10.1. The van der Waals surface area contributed by atoms with Crippen LogP contribution in [-0.4, -0.2) is 40.1 Å². The number of benzene rings is 1. The third kappa shape index (κ3) is 6.21. The summed E-state index contributed by atoms with van der Waals surface area (Å²) in [7, 11) is 0. The van der Waals surface area contributed by atoms with Gasteiger partial charge in [0.25, 0.3) is 5.91 Å². The largest absolute Gasteiger partial charge is 0.462 e. The van der Waals surface area contributed by atoms with E-state index in [9.17, 15) is 14.4 Å². The summed E-state index contributed by atoms with van der Waals surface area (Å²) in [6, 6.07) is 9.70. The molecule has 36 heavy (non-hydrogen) atoms. The van der Waals surface area contributed by atoms with Crippen molar-refractivity contribution in [3.8, 4) is 0 Å². The average molecular weight is 526 g/mol. The number of thioether (sulfide) groups is 1. The van der Waals surface area contributed by atoms with E-state index in [-0.39, 0.29) is 40.7 Å². The number of hydrogen-bond donors (Lipinski definition) is 3. The van der Waals surface area contributed by atoms with E-state index in [4.69, 9.17) is 10.5 Å². The Bertz CT molecular complexity index is 1260. The van der Waals surface area contributed by atoms with Crippen LogP contribution < -0.4 is 16.4 Å². The minimum atomic E-state index is -0.593. The number of rotatable bonds is 9. The van der Waals surface area contributed by atoms with Gasteiger partial charge in [-0.15, -0.1) is 11.3 Å². The van der Waals surface area contributed by atoms with Crippen LogP contribution in [-0.2, 0) is 28.9 Å². The summed E-state index contributed by atoms with van der Waals surface area (Å²) in [4.78, 5) is 47.2. The van der Waals surface area contributed by atoms with Crippen LogP contribution in [0, 0.1) is 0 Å². The molecule has 2 aromatic heterocycles. The number of fused-ring (bicyclic) bond motifs is 1. The van der Waals surface area contributed by atoms with Gasteiger partial charge in [0.15, 0.2) is 5.16 Å². The summed E-state index contributed by atoms with van der Waals surface area (Å²) in [5.74, 6) is -1.05. The molecular formula is C25H27N5O4S2. The zero-order chi connectivity index (χ0) is 25.5. The molecule has 0 aliphatic heterocycles. The van der Waals surface area contributed by atoms with Gasteiger partial charge in [-0.05, 0) is 43.7 Å². The summed E-state index contributed by atoms with van der Waals surface area (Å²) in [5.41, 5.74) is 8.53. The zero-order valence-corrected chi connectivity index (χ0v) is 21.5. The van der Waals surface area contributed by atoms with Crippen LogP contribution in [0.15, 0.2) is 41.7 Å². The Kier molecular flexibility index (Phi) is 8.55. The maximum absolute atomic E-state index is 13.2. The van der Waals surface area contributed by atoms with E-state index in [1.165, 1.54) is 17.5 Å². The molecule has 0 atom stereocenters. The number of ether oxygens (including phenoxy) is 1. The van der Waals surface area contributed by atoms with Crippen molar-refractivity contribution in [2.75, 3.05) is 23.4 Å². The van der Waals surface area contributed by atoms with Crippen molar-refractivity contribution in [3.63, 3.8) is 0 Å². The van der Waals surface area contributed by atoms with E-state index in [2.05, 4.69) is 20.6 Å². The van der Waals surface area contributed by atoms with E-state index in [1.54, 1.807) is 6.92 Å². The lowest BCUT2D eigenvalue weighted by Crippen LogP contribution is -2.25. The molecule has 4 N–H and O–H groups in total. The fourth-order valence-electron chi connectivity index (χ4n) is 3.87. The van der Waals surface area contributed by atoms with E-state index in [0.717, 1.165) is 53.4 Å². The number of esters is 1. The molecule has 1 aliphatic carbocycles. The van der Waals surface area contributed by atoms with Gasteiger partial charge in [-0.3, -0.25) is 9.59 Å². The van der Waals surface area contributed by atoms with Gasteiger partial charge in [-0.1, -0.05) is 42.1 Å². The van der Waals surface area contributed by atoms with Crippen molar-refractivity contribution in [3.05, 3.63) is 63.7 Å². The Hall–Kier alpha value is -3.44. The molecule has 0 unspecified atom stereocenters. The van der Waals surface area contributed by atoms with Crippen LogP contribution in [0.1, 0.15) is 56.5 Å². The van der Waals surface area contributed by atoms with Crippen molar-refractivity contribution >= 4 is 51.7 Å². The second-order valence-electron chi connectivity index (χ2n) is 8.09. The lowest BCUT2D eigenvalue weighted by atomic mass is 9.95. The predicted molar refractivity (Wildman–Crippen MR) is 140 cm³/mol. The maximum Gasteiger partial charge on any atom is 0.343 e. The molecule has 2 amide bonds. The number of anilines is 2. The zero-order valence-electron chi connectivity index (χ0n) is 19.8. The van der Waals surface area contributed by atoms with Crippen molar-refractivity contribution < 1.29 is 19.1 Å².